The summed E-state index contributed by atoms with van der Waals surface area (Å²) in [4.78, 5) is 37.0. The van der Waals surface area contributed by atoms with Crippen molar-refractivity contribution in [2.45, 2.75) is 25.6 Å². The molecule has 0 bridgehead atoms. The first-order valence-corrected chi connectivity index (χ1v) is 11.2. The lowest BCUT2D eigenvalue weighted by atomic mass is 10.0. The molecular formula is C27H24F3N3O4. The van der Waals surface area contributed by atoms with Crippen LogP contribution in [0, 0.1) is 0 Å². The number of nitrogens with one attached hydrogen (secondary N) is 1. The van der Waals surface area contributed by atoms with Crippen LogP contribution in [0.15, 0.2) is 90.0 Å². The Labute approximate surface area is 211 Å². The first-order valence-electron chi connectivity index (χ1n) is 11.2. The Balaban J connectivity index is 1.76. The molecule has 3 rings (SSSR count). The molecule has 3 aromatic carbocycles. The van der Waals surface area contributed by atoms with Gasteiger partial charge in [0.2, 0.25) is 5.91 Å². The van der Waals surface area contributed by atoms with Crippen molar-refractivity contribution >= 4 is 29.7 Å². The number of alkyl halides is 3. The van der Waals surface area contributed by atoms with E-state index < -0.39 is 36.3 Å². The fraction of sp³-hybridized carbons (Fsp3) is 0.185. The molecule has 192 valence electrons. The van der Waals surface area contributed by atoms with Gasteiger partial charge in [-0.25, -0.2) is 0 Å². The van der Waals surface area contributed by atoms with Crippen LogP contribution in [-0.2, 0) is 25.3 Å². The fourth-order valence-electron chi connectivity index (χ4n) is 3.36. The summed E-state index contributed by atoms with van der Waals surface area (Å²) in [6.45, 7) is 0.533. The van der Waals surface area contributed by atoms with E-state index in [-0.39, 0.29) is 18.0 Å². The average molecular weight is 512 g/mol. The molecule has 3 aromatic rings. The predicted molar refractivity (Wildman–Crippen MR) is 132 cm³/mol. The number of benzene rings is 3. The molecule has 10 heteroatoms. The third-order valence-corrected chi connectivity index (χ3v) is 5.08. The number of halogens is 3. The van der Waals surface area contributed by atoms with Gasteiger partial charge in [-0.2, -0.15) is 23.3 Å². The van der Waals surface area contributed by atoms with Gasteiger partial charge in [-0.3, -0.25) is 14.4 Å². The van der Waals surface area contributed by atoms with Crippen LogP contribution in [-0.4, -0.2) is 30.6 Å². The van der Waals surface area contributed by atoms with Gasteiger partial charge in [0.15, 0.2) is 6.61 Å². The molecule has 0 saturated heterocycles. The van der Waals surface area contributed by atoms with Crippen LogP contribution in [0.4, 0.5) is 18.9 Å². The van der Waals surface area contributed by atoms with Crippen molar-refractivity contribution in [3.63, 3.8) is 0 Å². The molecule has 7 nitrogen and oxygen atoms in total. The topological polar surface area (TPSA) is 88.1 Å². The van der Waals surface area contributed by atoms with E-state index in [1.165, 1.54) is 19.2 Å². The van der Waals surface area contributed by atoms with Gasteiger partial charge in [0.1, 0.15) is 0 Å². The second-order valence-corrected chi connectivity index (χ2v) is 7.94. The fourth-order valence-corrected chi connectivity index (χ4v) is 3.36. The highest BCUT2D eigenvalue weighted by atomic mass is 19.4. The van der Waals surface area contributed by atoms with E-state index in [1.54, 1.807) is 60.7 Å². The van der Waals surface area contributed by atoms with Crippen molar-refractivity contribution in [2.24, 2.45) is 5.10 Å². The van der Waals surface area contributed by atoms with E-state index in [9.17, 15) is 27.6 Å². The van der Waals surface area contributed by atoms with Gasteiger partial charge in [-0.15, -0.1) is 0 Å². The van der Waals surface area contributed by atoms with Crippen LogP contribution in [0.25, 0.3) is 0 Å². The summed E-state index contributed by atoms with van der Waals surface area (Å²) in [7, 11) is 0. The minimum absolute atomic E-state index is 0.150. The molecule has 0 fully saturated rings. The zero-order valence-electron chi connectivity index (χ0n) is 19.8. The lowest BCUT2D eigenvalue weighted by molar-refractivity contribution is -0.148. The van der Waals surface area contributed by atoms with Gasteiger partial charge in [-0.05, 0) is 29.3 Å². The molecule has 0 aliphatic carbocycles. The summed E-state index contributed by atoms with van der Waals surface area (Å²) in [5, 5.41) is 7.46. The summed E-state index contributed by atoms with van der Waals surface area (Å²) >= 11 is 0. The maximum atomic E-state index is 13.2. The Hall–Kier alpha value is -4.47. The second-order valence-electron chi connectivity index (χ2n) is 7.94. The Morgan fingerprint density at radius 2 is 1.62 bits per heavy atom. The molecule has 1 N–H and O–H groups in total. The highest BCUT2D eigenvalue weighted by Crippen LogP contribution is 2.32. The number of anilines is 1. The molecule has 37 heavy (non-hydrogen) atoms. The summed E-state index contributed by atoms with van der Waals surface area (Å²) in [5.41, 5.74) is 0.156. The van der Waals surface area contributed by atoms with Crippen LogP contribution in [0.5, 0.6) is 0 Å². The van der Waals surface area contributed by atoms with Gasteiger partial charge >= 0.3 is 12.1 Å². The zero-order valence-corrected chi connectivity index (χ0v) is 19.8. The van der Waals surface area contributed by atoms with Crippen molar-refractivity contribution in [2.75, 3.05) is 11.6 Å². The lowest BCUT2D eigenvalue weighted by Gasteiger charge is -2.20. The van der Waals surface area contributed by atoms with Crippen LogP contribution in [0.3, 0.4) is 0 Å². The number of esters is 1. The minimum atomic E-state index is -4.63. The normalized spacial score (nSPS) is 12.1. The minimum Gasteiger partial charge on any atom is -0.455 e. The summed E-state index contributed by atoms with van der Waals surface area (Å²) in [6, 6.07) is 20.8. The number of hydrogen-bond acceptors (Lipinski definition) is 5. The average Bonchev–Trinajstić information content (AvgIpc) is 2.88. The van der Waals surface area contributed by atoms with Gasteiger partial charge < -0.3 is 10.1 Å². The second kappa shape index (κ2) is 12.5. The van der Waals surface area contributed by atoms with Gasteiger partial charge in [0.05, 0.1) is 29.9 Å². The van der Waals surface area contributed by atoms with E-state index in [0.29, 0.717) is 11.1 Å². The first kappa shape index (κ1) is 27.1. The number of amides is 2. The number of nitrogens with zero attached hydrogens (tertiary/aromatic N) is 2. The maximum Gasteiger partial charge on any atom is 0.416 e. The predicted octanol–water partition coefficient (Wildman–Crippen LogP) is 4.88. The van der Waals surface area contributed by atoms with Crippen LogP contribution >= 0.6 is 0 Å². The molecule has 0 radical (unpaired) electrons. The molecule has 0 aliphatic rings. The molecule has 0 heterocycles. The zero-order chi connectivity index (χ0) is 26.8. The number of carbonyl (C=O) groups excluding carboxylic acids is 3. The number of hydrogen-bond donors (Lipinski definition) is 1. The monoisotopic (exact) mass is 511 g/mol. The number of hydrazone groups is 1. The largest absolute Gasteiger partial charge is 0.455 e. The SMILES string of the molecule is CC(=O)N[C@@H](CC(=O)OCC(=O)N(/N=C\c1ccccc1)c1cccc(C(F)(F)F)c1)c1ccccc1. The van der Waals surface area contributed by atoms with E-state index in [4.69, 9.17) is 4.74 Å². The van der Waals surface area contributed by atoms with Crippen LogP contribution < -0.4 is 10.3 Å². The molecular weight excluding hydrogens is 487 g/mol. The highest BCUT2D eigenvalue weighted by Gasteiger charge is 2.31. The molecule has 0 aromatic heterocycles. The van der Waals surface area contributed by atoms with Gasteiger partial charge in [0, 0.05) is 6.92 Å². The summed E-state index contributed by atoms with van der Waals surface area (Å²) in [6.07, 6.45) is -3.58. The smallest absolute Gasteiger partial charge is 0.416 e. The Bertz CT molecular complexity index is 1250. The van der Waals surface area contributed by atoms with E-state index in [2.05, 4.69) is 10.4 Å². The van der Waals surface area contributed by atoms with E-state index in [0.717, 1.165) is 23.2 Å². The Morgan fingerprint density at radius 3 is 2.24 bits per heavy atom. The molecule has 0 unspecified atom stereocenters. The molecule has 2 amide bonds. The van der Waals surface area contributed by atoms with Crippen molar-refractivity contribution in [3.8, 4) is 0 Å². The molecule has 0 aliphatic heterocycles. The number of carbonyl (C=O) groups is 3. The molecule has 0 saturated carbocycles. The quantitative estimate of drug-likeness (QED) is 0.252. The van der Waals surface area contributed by atoms with Gasteiger partial charge in [-0.1, -0.05) is 66.7 Å². The molecule has 0 spiro atoms. The third kappa shape index (κ3) is 8.31. The van der Waals surface area contributed by atoms with Crippen molar-refractivity contribution < 1.29 is 32.3 Å². The standard InChI is InChI=1S/C27H24F3N3O4/c1-19(34)32-24(21-11-6-3-7-12-21)16-26(36)37-18-25(35)33(31-17-20-9-4-2-5-10-20)23-14-8-13-22(15-23)27(28,29)30/h2-15,17,24H,16,18H2,1H3,(H,32,34)/b31-17-/t24-/m0/s1. The van der Waals surface area contributed by atoms with Crippen LogP contribution in [0.2, 0.25) is 0 Å². The Morgan fingerprint density at radius 1 is 0.973 bits per heavy atom. The lowest BCUT2D eigenvalue weighted by Crippen LogP contribution is -2.32. The first-order chi connectivity index (χ1) is 17.6. The number of ether oxygens (including phenoxy) is 1. The van der Waals surface area contributed by atoms with Crippen LogP contribution in [0.1, 0.15) is 36.1 Å². The highest BCUT2D eigenvalue weighted by molar-refractivity contribution is 5.96. The molecule has 1 atom stereocenters. The Kier molecular flexibility index (Phi) is 9.15. The van der Waals surface area contributed by atoms with Crippen molar-refractivity contribution in [1.82, 2.24) is 5.32 Å². The third-order valence-electron chi connectivity index (χ3n) is 5.08. The maximum absolute atomic E-state index is 13.2. The van der Waals surface area contributed by atoms with E-state index >= 15 is 0 Å². The van der Waals surface area contributed by atoms with Crippen molar-refractivity contribution in [1.29, 1.82) is 0 Å². The van der Waals surface area contributed by atoms with Gasteiger partial charge in [0.25, 0.3) is 5.91 Å². The number of rotatable bonds is 9. The van der Waals surface area contributed by atoms with E-state index in [1.807, 2.05) is 0 Å². The summed E-state index contributed by atoms with van der Waals surface area (Å²) in [5.74, 6) is -2.01. The van der Waals surface area contributed by atoms with Crippen molar-refractivity contribution in [3.05, 3.63) is 102 Å². The summed E-state index contributed by atoms with van der Waals surface area (Å²) < 4.78 is 44.9.